The lowest BCUT2D eigenvalue weighted by Gasteiger charge is -2.03. The second-order valence-corrected chi connectivity index (χ2v) is 3.98. The molecule has 1 aromatic heterocycles. The van der Waals surface area contributed by atoms with Crippen LogP contribution in [0.2, 0.25) is 0 Å². The number of halogens is 1. The van der Waals surface area contributed by atoms with Crippen molar-refractivity contribution in [2.24, 2.45) is 0 Å². The molecule has 0 saturated heterocycles. The molecule has 1 heterocycles. The van der Waals surface area contributed by atoms with Gasteiger partial charge < -0.3 is 5.32 Å². The van der Waals surface area contributed by atoms with Gasteiger partial charge in [0, 0.05) is 5.56 Å². The largest absolute Gasteiger partial charge is 0.320 e. The lowest BCUT2D eigenvalue weighted by molar-refractivity contribution is 0.628. The van der Waals surface area contributed by atoms with Gasteiger partial charge in [0.1, 0.15) is 5.82 Å². The summed E-state index contributed by atoms with van der Waals surface area (Å²) in [6.45, 7) is 0.980. The van der Waals surface area contributed by atoms with Crippen LogP contribution in [0.3, 0.4) is 0 Å². The quantitative estimate of drug-likeness (QED) is 0.778. The lowest BCUT2D eigenvalue weighted by atomic mass is 10.0. The van der Waals surface area contributed by atoms with E-state index in [1.165, 1.54) is 17.7 Å². The van der Waals surface area contributed by atoms with Crippen LogP contribution in [0, 0.1) is 5.82 Å². The number of benzene rings is 1. The van der Waals surface area contributed by atoms with E-state index in [-0.39, 0.29) is 5.82 Å². The first-order chi connectivity index (χ1) is 8.31. The molecule has 1 aromatic carbocycles. The molecule has 17 heavy (non-hydrogen) atoms. The van der Waals surface area contributed by atoms with Crippen LogP contribution < -0.4 is 5.32 Å². The SMILES string of the molecule is CNCCCc1cn[nH]c1-c1ccc(F)cc1. The highest BCUT2D eigenvalue weighted by Gasteiger charge is 2.07. The van der Waals surface area contributed by atoms with E-state index in [9.17, 15) is 4.39 Å². The van der Waals surface area contributed by atoms with Crippen molar-refractivity contribution in [1.29, 1.82) is 0 Å². The molecule has 0 aliphatic heterocycles. The molecule has 0 amide bonds. The fourth-order valence-corrected chi connectivity index (χ4v) is 1.82. The van der Waals surface area contributed by atoms with Gasteiger partial charge >= 0.3 is 0 Å². The minimum atomic E-state index is -0.218. The van der Waals surface area contributed by atoms with Gasteiger partial charge in [-0.05, 0) is 56.3 Å². The van der Waals surface area contributed by atoms with E-state index in [0.717, 1.165) is 30.6 Å². The fraction of sp³-hybridized carbons (Fsp3) is 0.308. The summed E-state index contributed by atoms with van der Waals surface area (Å²) in [6.07, 6.45) is 3.86. The summed E-state index contributed by atoms with van der Waals surface area (Å²) in [5, 5.41) is 10.2. The van der Waals surface area contributed by atoms with Crippen LogP contribution in [-0.4, -0.2) is 23.8 Å². The molecule has 2 aromatic rings. The first kappa shape index (κ1) is 11.8. The Bertz CT molecular complexity index is 462. The van der Waals surface area contributed by atoms with Gasteiger partial charge in [-0.2, -0.15) is 5.10 Å². The molecule has 4 heteroatoms. The summed E-state index contributed by atoms with van der Waals surface area (Å²) in [4.78, 5) is 0. The molecule has 0 unspecified atom stereocenters. The van der Waals surface area contributed by atoms with Gasteiger partial charge in [0.25, 0.3) is 0 Å². The van der Waals surface area contributed by atoms with Crippen molar-refractivity contribution in [1.82, 2.24) is 15.5 Å². The highest BCUT2D eigenvalue weighted by Crippen LogP contribution is 2.22. The number of hydrogen-bond donors (Lipinski definition) is 2. The number of nitrogens with one attached hydrogen (secondary N) is 2. The molecular formula is C13H16FN3. The van der Waals surface area contributed by atoms with Crippen LogP contribution in [0.15, 0.2) is 30.5 Å². The number of rotatable bonds is 5. The Morgan fingerprint density at radius 1 is 1.29 bits per heavy atom. The highest BCUT2D eigenvalue weighted by atomic mass is 19.1. The van der Waals surface area contributed by atoms with Crippen molar-refractivity contribution in [2.75, 3.05) is 13.6 Å². The fourth-order valence-electron chi connectivity index (χ4n) is 1.82. The van der Waals surface area contributed by atoms with Crippen LogP contribution >= 0.6 is 0 Å². The third-order valence-corrected chi connectivity index (χ3v) is 2.72. The molecule has 90 valence electrons. The Labute approximate surface area is 100 Å². The minimum Gasteiger partial charge on any atom is -0.320 e. The maximum atomic E-state index is 12.8. The van der Waals surface area contributed by atoms with Gasteiger partial charge in [-0.25, -0.2) is 4.39 Å². The van der Waals surface area contributed by atoms with Gasteiger partial charge in [0.2, 0.25) is 0 Å². The minimum absolute atomic E-state index is 0.218. The third kappa shape index (κ3) is 2.91. The first-order valence-corrected chi connectivity index (χ1v) is 5.74. The molecule has 0 fully saturated rings. The smallest absolute Gasteiger partial charge is 0.123 e. The predicted molar refractivity (Wildman–Crippen MR) is 66.2 cm³/mol. The van der Waals surface area contributed by atoms with Gasteiger partial charge in [-0.15, -0.1) is 0 Å². The summed E-state index contributed by atoms with van der Waals surface area (Å²) < 4.78 is 12.8. The van der Waals surface area contributed by atoms with E-state index in [1.54, 1.807) is 12.1 Å². The number of hydrogen-bond acceptors (Lipinski definition) is 2. The summed E-state index contributed by atoms with van der Waals surface area (Å²) in [5.41, 5.74) is 3.14. The average molecular weight is 233 g/mol. The van der Waals surface area contributed by atoms with Crippen molar-refractivity contribution >= 4 is 0 Å². The predicted octanol–water partition coefficient (Wildman–Crippen LogP) is 2.37. The van der Waals surface area contributed by atoms with Gasteiger partial charge in [-0.1, -0.05) is 0 Å². The highest BCUT2D eigenvalue weighted by molar-refractivity contribution is 5.62. The van der Waals surface area contributed by atoms with Crippen molar-refractivity contribution in [3.8, 4) is 11.3 Å². The standard InChI is InChI=1S/C13H16FN3/c1-15-8-2-3-11-9-16-17-13(11)10-4-6-12(14)7-5-10/h4-7,9,15H,2-3,8H2,1H3,(H,16,17). The Balaban J connectivity index is 2.15. The molecule has 0 aliphatic rings. The zero-order valence-corrected chi connectivity index (χ0v) is 9.83. The van der Waals surface area contributed by atoms with Crippen LogP contribution in [0.5, 0.6) is 0 Å². The van der Waals surface area contributed by atoms with Crippen LogP contribution in [-0.2, 0) is 6.42 Å². The monoisotopic (exact) mass is 233 g/mol. The second-order valence-electron chi connectivity index (χ2n) is 3.98. The number of aryl methyl sites for hydroxylation is 1. The van der Waals surface area contributed by atoms with Crippen LogP contribution in [0.4, 0.5) is 4.39 Å². The van der Waals surface area contributed by atoms with Crippen molar-refractivity contribution < 1.29 is 4.39 Å². The van der Waals surface area contributed by atoms with Gasteiger partial charge in [-0.3, -0.25) is 5.10 Å². The summed E-state index contributed by atoms with van der Waals surface area (Å²) >= 11 is 0. The summed E-state index contributed by atoms with van der Waals surface area (Å²) in [7, 11) is 1.94. The van der Waals surface area contributed by atoms with E-state index in [2.05, 4.69) is 15.5 Å². The molecule has 3 nitrogen and oxygen atoms in total. The normalized spacial score (nSPS) is 10.7. The molecule has 2 N–H and O–H groups in total. The Morgan fingerprint density at radius 3 is 2.76 bits per heavy atom. The third-order valence-electron chi connectivity index (χ3n) is 2.72. The Morgan fingerprint density at radius 2 is 2.06 bits per heavy atom. The van der Waals surface area contributed by atoms with Crippen LogP contribution in [0.1, 0.15) is 12.0 Å². The number of H-pyrrole nitrogens is 1. The number of nitrogens with zero attached hydrogens (tertiary/aromatic N) is 1. The zero-order chi connectivity index (χ0) is 12.1. The van der Waals surface area contributed by atoms with Gasteiger partial charge in [0.15, 0.2) is 0 Å². The van der Waals surface area contributed by atoms with Crippen LogP contribution in [0.25, 0.3) is 11.3 Å². The molecule has 0 spiro atoms. The van der Waals surface area contributed by atoms with Gasteiger partial charge in [0.05, 0.1) is 11.9 Å². The molecule has 0 radical (unpaired) electrons. The second kappa shape index (κ2) is 5.59. The molecular weight excluding hydrogens is 217 g/mol. The first-order valence-electron chi connectivity index (χ1n) is 5.74. The zero-order valence-electron chi connectivity index (χ0n) is 9.83. The maximum Gasteiger partial charge on any atom is 0.123 e. The lowest BCUT2D eigenvalue weighted by Crippen LogP contribution is -2.08. The van der Waals surface area contributed by atoms with Crippen molar-refractivity contribution in [3.05, 3.63) is 41.8 Å². The summed E-state index contributed by atoms with van der Waals surface area (Å²) in [6, 6.07) is 6.47. The van der Waals surface area contributed by atoms with E-state index in [4.69, 9.17) is 0 Å². The van der Waals surface area contributed by atoms with E-state index < -0.39 is 0 Å². The van der Waals surface area contributed by atoms with E-state index >= 15 is 0 Å². The summed E-state index contributed by atoms with van der Waals surface area (Å²) in [5.74, 6) is -0.218. The van der Waals surface area contributed by atoms with E-state index in [1.807, 2.05) is 13.2 Å². The number of aromatic amines is 1. The molecule has 0 saturated carbocycles. The van der Waals surface area contributed by atoms with Crippen molar-refractivity contribution in [3.63, 3.8) is 0 Å². The Kier molecular flexibility index (Phi) is 3.88. The maximum absolute atomic E-state index is 12.8. The average Bonchev–Trinajstić information content (AvgIpc) is 2.79. The molecule has 0 aliphatic carbocycles. The molecule has 2 rings (SSSR count). The Hall–Kier alpha value is -1.68. The van der Waals surface area contributed by atoms with Crippen molar-refractivity contribution in [2.45, 2.75) is 12.8 Å². The molecule has 0 bridgehead atoms. The topological polar surface area (TPSA) is 40.7 Å². The van der Waals surface area contributed by atoms with E-state index in [0.29, 0.717) is 0 Å². The number of aromatic nitrogens is 2. The molecule has 0 atom stereocenters.